The number of pyridine rings is 1. The van der Waals surface area contributed by atoms with E-state index in [2.05, 4.69) is 9.97 Å². The molecule has 0 atom stereocenters. The van der Waals surface area contributed by atoms with Crippen LogP contribution in [0.3, 0.4) is 0 Å². The molecule has 0 aliphatic carbocycles. The van der Waals surface area contributed by atoms with Crippen LogP contribution >= 0.6 is 11.3 Å². The van der Waals surface area contributed by atoms with Gasteiger partial charge in [-0.2, -0.15) is 0 Å². The molecule has 3 heterocycles. The lowest BCUT2D eigenvalue weighted by atomic mass is 10.1. The molecule has 0 fully saturated rings. The van der Waals surface area contributed by atoms with E-state index in [1.54, 1.807) is 36.5 Å². The van der Waals surface area contributed by atoms with Crippen molar-refractivity contribution in [2.45, 2.75) is 6.54 Å². The Morgan fingerprint density at radius 1 is 1.06 bits per heavy atom. The molecule has 5 rings (SSSR count). The van der Waals surface area contributed by atoms with Crippen molar-refractivity contribution in [3.63, 3.8) is 0 Å². The Hall–Kier alpha value is -3.59. The van der Waals surface area contributed by atoms with Crippen LogP contribution in [0.5, 0.6) is 11.5 Å². The summed E-state index contributed by atoms with van der Waals surface area (Å²) in [6, 6.07) is 12.2. The van der Waals surface area contributed by atoms with E-state index in [-0.39, 0.29) is 23.1 Å². The van der Waals surface area contributed by atoms with Gasteiger partial charge in [0.15, 0.2) is 22.4 Å². The molecule has 0 spiro atoms. The van der Waals surface area contributed by atoms with Crippen LogP contribution in [-0.4, -0.2) is 29.1 Å². The summed E-state index contributed by atoms with van der Waals surface area (Å²) in [4.78, 5) is 23.4. The highest BCUT2D eigenvalue weighted by molar-refractivity contribution is 7.22. The summed E-state index contributed by atoms with van der Waals surface area (Å²) in [6.45, 7) is 0.947. The minimum absolute atomic E-state index is 0.0161. The lowest BCUT2D eigenvalue weighted by Gasteiger charge is -2.22. The summed E-state index contributed by atoms with van der Waals surface area (Å²) in [5.74, 6) is -0.803. The largest absolute Gasteiger partial charge is 0.486 e. The van der Waals surface area contributed by atoms with Gasteiger partial charge in [-0.3, -0.25) is 14.7 Å². The van der Waals surface area contributed by atoms with E-state index in [1.807, 2.05) is 6.07 Å². The maximum atomic E-state index is 14.2. The van der Waals surface area contributed by atoms with E-state index < -0.39 is 11.6 Å². The first-order valence-corrected chi connectivity index (χ1v) is 10.3. The summed E-state index contributed by atoms with van der Waals surface area (Å²) in [5.41, 5.74) is 0.993. The molecular formula is C22H15F2N3O3S. The van der Waals surface area contributed by atoms with Crippen LogP contribution in [0.15, 0.2) is 54.7 Å². The standard InChI is InChI=1S/C22H15F2N3O3S/c23-14-10-16(24)20-19(11-14)31-22(26-20)27(12-15-3-1-2-6-25-15)21(28)13-4-5-17-18(9-13)30-8-7-29-17/h1-6,9-11H,7-8,12H2. The highest BCUT2D eigenvalue weighted by Crippen LogP contribution is 2.35. The Labute approximate surface area is 179 Å². The van der Waals surface area contributed by atoms with E-state index >= 15 is 0 Å². The van der Waals surface area contributed by atoms with E-state index in [0.29, 0.717) is 40.7 Å². The Morgan fingerprint density at radius 3 is 2.71 bits per heavy atom. The molecule has 2 aromatic carbocycles. The Morgan fingerprint density at radius 2 is 1.90 bits per heavy atom. The molecular weight excluding hydrogens is 424 g/mol. The second kappa shape index (κ2) is 7.92. The highest BCUT2D eigenvalue weighted by Gasteiger charge is 2.25. The molecule has 0 bridgehead atoms. The molecule has 1 amide bonds. The number of amides is 1. The van der Waals surface area contributed by atoms with Gasteiger partial charge < -0.3 is 9.47 Å². The Bertz CT molecular complexity index is 1280. The third kappa shape index (κ3) is 3.79. The lowest BCUT2D eigenvalue weighted by molar-refractivity contribution is 0.0983. The minimum Gasteiger partial charge on any atom is -0.486 e. The van der Waals surface area contributed by atoms with Crippen molar-refractivity contribution >= 4 is 32.6 Å². The van der Waals surface area contributed by atoms with Crippen LogP contribution < -0.4 is 14.4 Å². The maximum absolute atomic E-state index is 14.2. The van der Waals surface area contributed by atoms with Crippen LogP contribution in [0.1, 0.15) is 16.1 Å². The monoisotopic (exact) mass is 439 g/mol. The van der Waals surface area contributed by atoms with Crippen LogP contribution in [0.25, 0.3) is 10.2 Å². The van der Waals surface area contributed by atoms with Crippen LogP contribution in [0, 0.1) is 11.6 Å². The minimum atomic E-state index is -0.776. The second-order valence-corrected chi connectivity index (χ2v) is 7.81. The summed E-state index contributed by atoms with van der Waals surface area (Å²) >= 11 is 1.04. The average Bonchev–Trinajstić information content (AvgIpc) is 3.21. The first-order valence-electron chi connectivity index (χ1n) is 9.45. The summed E-state index contributed by atoms with van der Waals surface area (Å²) in [6.07, 6.45) is 1.62. The number of hydrogen-bond acceptors (Lipinski definition) is 6. The topological polar surface area (TPSA) is 64.6 Å². The van der Waals surface area contributed by atoms with E-state index in [1.165, 1.54) is 11.0 Å². The molecule has 9 heteroatoms. The van der Waals surface area contributed by atoms with Crippen molar-refractivity contribution in [1.29, 1.82) is 0 Å². The molecule has 1 aliphatic rings. The van der Waals surface area contributed by atoms with E-state index in [0.717, 1.165) is 17.4 Å². The number of fused-ring (bicyclic) bond motifs is 2. The number of ether oxygens (including phenoxy) is 2. The van der Waals surface area contributed by atoms with Gasteiger partial charge in [-0.05, 0) is 36.4 Å². The molecule has 156 valence electrons. The maximum Gasteiger partial charge on any atom is 0.260 e. The number of anilines is 1. The fourth-order valence-corrected chi connectivity index (χ4v) is 4.28. The number of hydrogen-bond donors (Lipinski definition) is 0. The van der Waals surface area contributed by atoms with Crippen molar-refractivity contribution in [2.24, 2.45) is 0 Å². The number of thiazole rings is 1. The van der Waals surface area contributed by atoms with Gasteiger partial charge >= 0.3 is 0 Å². The molecule has 0 N–H and O–H groups in total. The van der Waals surface area contributed by atoms with Gasteiger partial charge in [-0.25, -0.2) is 13.8 Å². The number of aromatic nitrogens is 2. The summed E-state index contributed by atoms with van der Waals surface area (Å²) < 4.78 is 39.3. The van der Waals surface area contributed by atoms with E-state index in [4.69, 9.17) is 9.47 Å². The zero-order valence-corrected chi connectivity index (χ0v) is 16.9. The number of carbonyl (C=O) groups excluding carboxylic acids is 1. The predicted octanol–water partition coefficient (Wildman–Crippen LogP) is 4.59. The van der Waals surface area contributed by atoms with Crippen molar-refractivity contribution < 1.29 is 23.0 Å². The third-order valence-corrected chi connectivity index (χ3v) is 5.74. The Kier molecular flexibility index (Phi) is 4.95. The van der Waals surface area contributed by atoms with Gasteiger partial charge in [0.1, 0.15) is 24.5 Å². The third-order valence-electron chi connectivity index (χ3n) is 4.71. The number of halogens is 2. The normalized spacial score (nSPS) is 12.7. The number of nitrogens with zero attached hydrogens (tertiary/aromatic N) is 3. The first kappa shape index (κ1) is 19.4. The van der Waals surface area contributed by atoms with Crippen molar-refractivity contribution in [3.05, 3.63) is 77.6 Å². The van der Waals surface area contributed by atoms with Gasteiger partial charge in [0, 0.05) is 17.8 Å². The van der Waals surface area contributed by atoms with Crippen molar-refractivity contribution in [3.8, 4) is 11.5 Å². The molecule has 0 saturated heterocycles. The fourth-order valence-electron chi connectivity index (χ4n) is 3.27. The number of rotatable bonds is 4. The lowest BCUT2D eigenvalue weighted by Crippen LogP contribution is -2.31. The molecule has 0 unspecified atom stereocenters. The Balaban J connectivity index is 1.57. The smallest absolute Gasteiger partial charge is 0.260 e. The molecule has 1 aliphatic heterocycles. The van der Waals surface area contributed by atoms with Gasteiger partial charge in [0.25, 0.3) is 5.91 Å². The fraction of sp³-hybridized carbons (Fsp3) is 0.136. The van der Waals surface area contributed by atoms with Crippen LogP contribution in [0.2, 0.25) is 0 Å². The SMILES string of the molecule is O=C(c1ccc2c(c1)OCCO2)N(Cc1ccccn1)c1nc2c(F)cc(F)cc2s1. The van der Waals surface area contributed by atoms with Gasteiger partial charge in [0.05, 0.1) is 16.9 Å². The predicted molar refractivity (Wildman–Crippen MR) is 112 cm³/mol. The van der Waals surface area contributed by atoms with Crippen molar-refractivity contribution in [1.82, 2.24) is 9.97 Å². The zero-order valence-electron chi connectivity index (χ0n) is 16.0. The molecule has 31 heavy (non-hydrogen) atoms. The van der Waals surface area contributed by atoms with Gasteiger partial charge in [-0.15, -0.1) is 0 Å². The number of carbonyl (C=O) groups is 1. The van der Waals surface area contributed by atoms with Gasteiger partial charge in [0.2, 0.25) is 0 Å². The zero-order chi connectivity index (χ0) is 21.4. The first-order chi connectivity index (χ1) is 15.1. The molecule has 4 aromatic rings. The van der Waals surface area contributed by atoms with Crippen LogP contribution in [0.4, 0.5) is 13.9 Å². The van der Waals surface area contributed by atoms with Crippen molar-refractivity contribution in [2.75, 3.05) is 18.1 Å². The average molecular weight is 439 g/mol. The molecule has 0 saturated carbocycles. The van der Waals surface area contributed by atoms with E-state index in [9.17, 15) is 13.6 Å². The highest BCUT2D eigenvalue weighted by atomic mass is 32.1. The van der Waals surface area contributed by atoms with Gasteiger partial charge in [-0.1, -0.05) is 17.4 Å². The summed E-state index contributed by atoms with van der Waals surface area (Å²) in [7, 11) is 0. The summed E-state index contributed by atoms with van der Waals surface area (Å²) in [5, 5.41) is 0.241. The molecule has 0 radical (unpaired) electrons. The number of benzene rings is 2. The quantitative estimate of drug-likeness (QED) is 0.466. The molecule has 2 aromatic heterocycles. The second-order valence-electron chi connectivity index (χ2n) is 6.80. The molecule has 6 nitrogen and oxygen atoms in total. The van der Waals surface area contributed by atoms with Crippen LogP contribution in [-0.2, 0) is 6.54 Å².